The van der Waals surface area contributed by atoms with Crippen molar-refractivity contribution in [1.82, 2.24) is 5.32 Å². The molecule has 1 aliphatic rings. The third-order valence-corrected chi connectivity index (χ3v) is 4.38. The van der Waals surface area contributed by atoms with Crippen LogP contribution in [-0.4, -0.2) is 31.3 Å². The summed E-state index contributed by atoms with van der Waals surface area (Å²) in [7, 11) is 1.55. The van der Waals surface area contributed by atoms with E-state index in [1.807, 2.05) is 0 Å². The SMILES string of the molecule is COc1ccc(N)c(C(=O)NCC2(CO)CCCCC2)c1. The largest absolute Gasteiger partial charge is 0.497 e. The quantitative estimate of drug-likeness (QED) is 0.724. The van der Waals surface area contributed by atoms with Gasteiger partial charge < -0.3 is 20.9 Å². The lowest BCUT2D eigenvalue weighted by Gasteiger charge is -2.35. The fraction of sp³-hybridized carbons (Fsp3) is 0.562. The summed E-state index contributed by atoms with van der Waals surface area (Å²) in [5, 5.41) is 12.6. The Morgan fingerprint density at radius 2 is 2.10 bits per heavy atom. The van der Waals surface area contributed by atoms with Gasteiger partial charge in [-0.3, -0.25) is 4.79 Å². The predicted molar refractivity (Wildman–Crippen MR) is 82.3 cm³/mol. The lowest BCUT2D eigenvalue weighted by Crippen LogP contribution is -2.41. The Bertz CT molecular complexity index is 496. The molecule has 0 radical (unpaired) electrons. The van der Waals surface area contributed by atoms with Crippen LogP contribution in [0.2, 0.25) is 0 Å². The Morgan fingerprint density at radius 3 is 2.71 bits per heavy atom. The minimum absolute atomic E-state index is 0.112. The summed E-state index contributed by atoms with van der Waals surface area (Å²) in [5.74, 6) is 0.383. The van der Waals surface area contributed by atoms with Crippen LogP contribution in [0.4, 0.5) is 5.69 Å². The van der Waals surface area contributed by atoms with Gasteiger partial charge in [0.05, 0.1) is 19.3 Å². The van der Waals surface area contributed by atoms with E-state index in [-0.39, 0.29) is 17.9 Å². The Kier molecular flexibility index (Phi) is 5.07. The van der Waals surface area contributed by atoms with Gasteiger partial charge in [-0.15, -0.1) is 0 Å². The van der Waals surface area contributed by atoms with Crippen LogP contribution in [0, 0.1) is 5.41 Å². The number of benzene rings is 1. The van der Waals surface area contributed by atoms with E-state index in [4.69, 9.17) is 10.5 Å². The second kappa shape index (κ2) is 6.80. The van der Waals surface area contributed by atoms with Gasteiger partial charge in [0, 0.05) is 17.6 Å². The highest BCUT2D eigenvalue weighted by molar-refractivity contribution is 5.99. The fourth-order valence-corrected chi connectivity index (χ4v) is 2.91. The standard InChI is InChI=1S/C16H24N2O3/c1-21-12-5-6-14(17)13(9-12)15(20)18-10-16(11-19)7-3-2-4-8-16/h5-6,9,19H,2-4,7-8,10-11,17H2,1H3,(H,18,20). The molecule has 0 bridgehead atoms. The average molecular weight is 292 g/mol. The van der Waals surface area contributed by atoms with Crippen molar-refractivity contribution in [3.05, 3.63) is 23.8 Å². The molecule has 4 N–H and O–H groups in total. The lowest BCUT2D eigenvalue weighted by atomic mass is 9.74. The molecule has 5 heteroatoms. The van der Waals surface area contributed by atoms with Crippen LogP contribution in [0.25, 0.3) is 0 Å². The monoisotopic (exact) mass is 292 g/mol. The molecule has 0 aromatic heterocycles. The number of rotatable bonds is 5. The smallest absolute Gasteiger partial charge is 0.253 e. The number of aliphatic hydroxyl groups excluding tert-OH is 1. The highest BCUT2D eigenvalue weighted by Crippen LogP contribution is 2.35. The van der Waals surface area contributed by atoms with Crippen molar-refractivity contribution in [2.75, 3.05) is 26.0 Å². The van der Waals surface area contributed by atoms with E-state index in [0.717, 1.165) is 25.7 Å². The molecule has 1 aromatic rings. The molecule has 0 unspecified atom stereocenters. The number of ether oxygens (including phenoxy) is 1. The van der Waals surface area contributed by atoms with Crippen LogP contribution in [0.1, 0.15) is 42.5 Å². The third-order valence-electron chi connectivity index (χ3n) is 4.38. The first-order valence-corrected chi connectivity index (χ1v) is 7.43. The van der Waals surface area contributed by atoms with Gasteiger partial charge >= 0.3 is 0 Å². The van der Waals surface area contributed by atoms with Crippen LogP contribution in [0.5, 0.6) is 5.75 Å². The molecule has 1 aromatic carbocycles. The Balaban J connectivity index is 2.04. The highest BCUT2D eigenvalue weighted by Gasteiger charge is 2.31. The summed E-state index contributed by atoms with van der Waals surface area (Å²) in [4.78, 5) is 12.3. The maximum atomic E-state index is 12.3. The van der Waals surface area contributed by atoms with E-state index in [2.05, 4.69) is 5.32 Å². The summed E-state index contributed by atoms with van der Waals surface area (Å²) in [6, 6.07) is 5.02. The first-order valence-electron chi connectivity index (χ1n) is 7.43. The number of hydrogen-bond acceptors (Lipinski definition) is 4. The normalized spacial score (nSPS) is 17.2. The second-order valence-electron chi connectivity index (χ2n) is 5.85. The van der Waals surface area contributed by atoms with Crippen LogP contribution < -0.4 is 15.8 Å². The molecular formula is C16H24N2O3. The van der Waals surface area contributed by atoms with Gasteiger partial charge in [0.2, 0.25) is 0 Å². The number of anilines is 1. The molecule has 1 fully saturated rings. The van der Waals surface area contributed by atoms with E-state index in [0.29, 0.717) is 23.5 Å². The van der Waals surface area contributed by atoms with Crippen LogP contribution in [0.15, 0.2) is 18.2 Å². The number of aliphatic hydroxyl groups is 1. The summed E-state index contributed by atoms with van der Waals surface area (Å²) in [6.07, 6.45) is 5.34. The van der Waals surface area contributed by atoms with Crippen molar-refractivity contribution in [2.45, 2.75) is 32.1 Å². The van der Waals surface area contributed by atoms with E-state index >= 15 is 0 Å². The molecule has 0 aliphatic heterocycles. The molecule has 1 saturated carbocycles. The van der Waals surface area contributed by atoms with E-state index in [9.17, 15) is 9.90 Å². The predicted octanol–water partition coefficient (Wildman–Crippen LogP) is 1.95. The van der Waals surface area contributed by atoms with E-state index < -0.39 is 0 Å². The van der Waals surface area contributed by atoms with Crippen LogP contribution in [0.3, 0.4) is 0 Å². The third kappa shape index (κ3) is 3.67. The molecule has 116 valence electrons. The van der Waals surface area contributed by atoms with Gasteiger partial charge in [0.25, 0.3) is 5.91 Å². The molecule has 2 rings (SSSR count). The second-order valence-corrected chi connectivity index (χ2v) is 5.85. The molecule has 21 heavy (non-hydrogen) atoms. The number of nitrogens with one attached hydrogen (secondary N) is 1. The van der Waals surface area contributed by atoms with Crippen molar-refractivity contribution in [3.8, 4) is 5.75 Å². The zero-order valence-electron chi connectivity index (χ0n) is 12.5. The van der Waals surface area contributed by atoms with Gasteiger partial charge in [0.15, 0.2) is 0 Å². The van der Waals surface area contributed by atoms with Gasteiger partial charge in [-0.2, -0.15) is 0 Å². The summed E-state index contributed by atoms with van der Waals surface area (Å²) in [5.41, 5.74) is 6.52. The fourth-order valence-electron chi connectivity index (χ4n) is 2.91. The van der Waals surface area contributed by atoms with Crippen molar-refractivity contribution >= 4 is 11.6 Å². The average Bonchev–Trinajstić information content (AvgIpc) is 2.54. The molecule has 0 saturated heterocycles. The number of hydrogen-bond donors (Lipinski definition) is 3. The highest BCUT2D eigenvalue weighted by atomic mass is 16.5. The molecule has 5 nitrogen and oxygen atoms in total. The van der Waals surface area contributed by atoms with Crippen molar-refractivity contribution < 1.29 is 14.6 Å². The zero-order valence-corrected chi connectivity index (χ0v) is 12.5. The Hall–Kier alpha value is -1.75. The minimum atomic E-state index is -0.218. The van der Waals surface area contributed by atoms with Gasteiger partial charge in [-0.25, -0.2) is 0 Å². The van der Waals surface area contributed by atoms with Crippen LogP contribution in [-0.2, 0) is 0 Å². The summed E-state index contributed by atoms with van der Waals surface area (Å²) < 4.78 is 5.12. The van der Waals surface area contributed by atoms with Gasteiger partial charge in [0.1, 0.15) is 5.75 Å². The first-order chi connectivity index (χ1) is 10.1. The zero-order chi connectivity index (χ0) is 15.3. The number of carbonyl (C=O) groups is 1. The topological polar surface area (TPSA) is 84.6 Å². The number of amides is 1. The molecule has 0 spiro atoms. The Labute approximate surface area is 125 Å². The van der Waals surface area contributed by atoms with E-state index in [1.165, 1.54) is 6.42 Å². The van der Waals surface area contributed by atoms with Crippen LogP contribution >= 0.6 is 0 Å². The van der Waals surface area contributed by atoms with Gasteiger partial charge in [-0.05, 0) is 31.0 Å². The summed E-state index contributed by atoms with van der Waals surface area (Å²) >= 11 is 0. The first kappa shape index (κ1) is 15.6. The number of nitrogen functional groups attached to an aromatic ring is 1. The molecular weight excluding hydrogens is 268 g/mol. The lowest BCUT2D eigenvalue weighted by molar-refractivity contribution is 0.0718. The maximum Gasteiger partial charge on any atom is 0.253 e. The van der Waals surface area contributed by atoms with E-state index in [1.54, 1.807) is 25.3 Å². The molecule has 0 heterocycles. The van der Waals surface area contributed by atoms with Gasteiger partial charge in [-0.1, -0.05) is 19.3 Å². The van der Waals surface area contributed by atoms with Crippen molar-refractivity contribution in [1.29, 1.82) is 0 Å². The Morgan fingerprint density at radius 1 is 1.38 bits per heavy atom. The maximum absolute atomic E-state index is 12.3. The number of methoxy groups -OCH3 is 1. The summed E-state index contributed by atoms with van der Waals surface area (Å²) in [6.45, 7) is 0.597. The van der Waals surface area contributed by atoms with Crippen molar-refractivity contribution in [3.63, 3.8) is 0 Å². The molecule has 1 aliphatic carbocycles. The molecule has 1 amide bonds. The number of carbonyl (C=O) groups excluding carboxylic acids is 1. The van der Waals surface area contributed by atoms with Crippen molar-refractivity contribution in [2.24, 2.45) is 5.41 Å². The number of nitrogens with two attached hydrogens (primary N) is 1. The minimum Gasteiger partial charge on any atom is -0.497 e. The molecule has 0 atom stereocenters.